The minimum Gasteiger partial charge on any atom is -0.361 e. The zero-order chi connectivity index (χ0) is 22.8. The zero-order valence-corrected chi connectivity index (χ0v) is 18.4. The number of amides is 2. The van der Waals surface area contributed by atoms with Gasteiger partial charge in [-0.15, -0.1) is 0 Å². The molecule has 2 aromatic heterocycles. The average molecular weight is 450 g/mol. The maximum atomic E-state index is 13.6. The number of H-pyrrole nitrogens is 1. The van der Waals surface area contributed by atoms with Crippen LogP contribution >= 0.6 is 0 Å². The summed E-state index contributed by atoms with van der Waals surface area (Å²) in [6.45, 7) is 1.54. The second kappa shape index (κ2) is 8.94. The Morgan fingerprint density at radius 3 is 2.88 bits per heavy atom. The van der Waals surface area contributed by atoms with Crippen LogP contribution in [0.2, 0.25) is 0 Å². The molecule has 1 aromatic carbocycles. The highest BCUT2D eigenvalue weighted by Crippen LogP contribution is 2.35. The SMILES string of the molecule is O=C(CC1C(=O)NC2(CCCC2)CN1Cc1c[nH]c2cc(F)ccc12)NCc1ccccn1. The van der Waals surface area contributed by atoms with Gasteiger partial charge in [0.1, 0.15) is 5.82 Å². The van der Waals surface area contributed by atoms with E-state index in [2.05, 4.69) is 25.5 Å². The highest BCUT2D eigenvalue weighted by atomic mass is 19.1. The van der Waals surface area contributed by atoms with Gasteiger partial charge in [-0.3, -0.25) is 19.5 Å². The minimum atomic E-state index is -0.564. The predicted octanol–water partition coefficient (Wildman–Crippen LogP) is 3.02. The maximum absolute atomic E-state index is 13.6. The number of aromatic nitrogens is 2. The first-order valence-electron chi connectivity index (χ1n) is 11.5. The molecule has 172 valence electrons. The molecule has 33 heavy (non-hydrogen) atoms. The van der Waals surface area contributed by atoms with Gasteiger partial charge in [0.25, 0.3) is 0 Å². The van der Waals surface area contributed by atoms with E-state index in [9.17, 15) is 14.0 Å². The fourth-order valence-corrected chi connectivity index (χ4v) is 5.22. The normalized spacial score (nSPS) is 20.3. The van der Waals surface area contributed by atoms with Crippen LogP contribution in [0.1, 0.15) is 43.4 Å². The summed E-state index contributed by atoms with van der Waals surface area (Å²) in [5, 5.41) is 7.06. The highest BCUT2D eigenvalue weighted by Gasteiger charge is 2.45. The second-order valence-corrected chi connectivity index (χ2v) is 9.20. The predicted molar refractivity (Wildman–Crippen MR) is 122 cm³/mol. The molecular weight excluding hydrogens is 421 g/mol. The van der Waals surface area contributed by atoms with Gasteiger partial charge in [-0.25, -0.2) is 4.39 Å². The number of hydrogen-bond donors (Lipinski definition) is 3. The Balaban J connectivity index is 1.34. The molecule has 2 amide bonds. The van der Waals surface area contributed by atoms with Gasteiger partial charge in [0.15, 0.2) is 0 Å². The van der Waals surface area contributed by atoms with Crippen molar-refractivity contribution in [1.82, 2.24) is 25.5 Å². The van der Waals surface area contributed by atoms with Crippen LogP contribution in [0.5, 0.6) is 0 Å². The zero-order valence-electron chi connectivity index (χ0n) is 18.4. The lowest BCUT2D eigenvalue weighted by atomic mass is 9.90. The Bertz CT molecular complexity index is 1160. The number of nitrogens with zero attached hydrogens (tertiary/aromatic N) is 2. The van der Waals surface area contributed by atoms with Crippen LogP contribution in [0.3, 0.4) is 0 Å². The van der Waals surface area contributed by atoms with E-state index < -0.39 is 6.04 Å². The standard InChI is InChI=1S/C25H28FN5O2/c26-18-6-7-20-17(13-28-21(20)11-18)15-31-16-25(8-2-3-9-25)30-24(33)22(31)12-23(32)29-14-19-5-1-4-10-27-19/h1,4-7,10-11,13,22,28H,2-3,8-9,12,14-16H2,(H,29,32)(H,30,33). The molecule has 2 fully saturated rings. The summed E-state index contributed by atoms with van der Waals surface area (Å²) >= 11 is 0. The lowest BCUT2D eigenvalue weighted by Crippen LogP contribution is -2.66. The number of carbonyl (C=O) groups is 2. The topological polar surface area (TPSA) is 90.1 Å². The van der Waals surface area contributed by atoms with Crippen LogP contribution < -0.4 is 10.6 Å². The van der Waals surface area contributed by atoms with Crippen molar-refractivity contribution < 1.29 is 14.0 Å². The summed E-state index contributed by atoms with van der Waals surface area (Å²) in [5.74, 6) is -0.572. The summed E-state index contributed by atoms with van der Waals surface area (Å²) in [4.78, 5) is 35.4. The Morgan fingerprint density at radius 2 is 2.09 bits per heavy atom. The van der Waals surface area contributed by atoms with Gasteiger partial charge < -0.3 is 15.6 Å². The van der Waals surface area contributed by atoms with Gasteiger partial charge in [0, 0.05) is 36.4 Å². The molecule has 1 saturated heterocycles. The van der Waals surface area contributed by atoms with Crippen molar-refractivity contribution in [2.75, 3.05) is 6.54 Å². The van der Waals surface area contributed by atoms with Crippen molar-refractivity contribution in [2.24, 2.45) is 0 Å². The van der Waals surface area contributed by atoms with E-state index >= 15 is 0 Å². The maximum Gasteiger partial charge on any atom is 0.238 e. The molecule has 1 unspecified atom stereocenters. The van der Waals surface area contributed by atoms with E-state index in [0.29, 0.717) is 19.6 Å². The number of benzene rings is 1. The fraction of sp³-hybridized carbons (Fsp3) is 0.400. The molecule has 7 nitrogen and oxygen atoms in total. The molecule has 0 bridgehead atoms. The number of halogens is 1. The van der Waals surface area contributed by atoms with Gasteiger partial charge in [-0.2, -0.15) is 0 Å². The number of nitrogens with one attached hydrogen (secondary N) is 3. The van der Waals surface area contributed by atoms with Crippen LogP contribution in [0.25, 0.3) is 10.9 Å². The van der Waals surface area contributed by atoms with Crippen molar-refractivity contribution in [2.45, 2.75) is 56.8 Å². The number of hydrogen-bond acceptors (Lipinski definition) is 4. The van der Waals surface area contributed by atoms with Crippen LogP contribution in [0.15, 0.2) is 48.8 Å². The molecule has 1 aliphatic heterocycles. The minimum absolute atomic E-state index is 0.0751. The Kier molecular flexibility index (Phi) is 5.85. The summed E-state index contributed by atoms with van der Waals surface area (Å²) in [5.41, 5.74) is 2.26. The van der Waals surface area contributed by atoms with E-state index in [4.69, 9.17) is 0 Å². The molecule has 1 aliphatic carbocycles. The first-order chi connectivity index (χ1) is 16.0. The number of pyridine rings is 1. The smallest absolute Gasteiger partial charge is 0.238 e. The van der Waals surface area contributed by atoms with E-state index in [1.807, 2.05) is 24.4 Å². The summed E-state index contributed by atoms with van der Waals surface area (Å²) in [7, 11) is 0. The number of rotatable bonds is 6. The summed E-state index contributed by atoms with van der Waals surface area (Å²) < 4.78 is 13.6. The van der Waals surface area contributed by atoms with E-state index in [0.717, 1.165) is 47.8 Å². The van der Waals surface area contributed by atoms with Crippen molar-refractivity contribution in [3.63, 3.8) is 0 Å². The van der Waals surface area contributed by atoms with E-state index in [-0.39, 0.29) is 29.6 Å². The molecule has 3 aromatic rings. The Labute approximate surface area is 191 Å². The quantitative estimate of drug-likeness (QED) is 0.540. The largest absolute Gasteiger partial charge is 0.361 e. The summed E-state index contributed by atoms with van der Waals surface area (Å²) in [6.07, 6.45) is 7.72. The van der Waals surface area contributed by atoms with Crippen molar-refractivity contribution in [1.29, 1.82) is 0 Å². The number of fused-ring (bicyclic) bond motifs is 1. The third-order valence-electron chi connectivity index (χ3n) is 6.87. The third kappa shape index (κ3) is 4.61. The van der Waals surface area contributed by atoms with Gasteiger partial charge >= 0.3 is 0 Å². The molecule has 3 heterocycles. The van der Waals surface area contributed by atoms with Crippen LogP contribution in [-0.2, 0) is 22.7 Å². The molecule has 8 heteroatoms. The average Bonchev–Trinajstić information content (AvgIpc) is 3.42. The van der Waals surface area contributed by atoms with Gasteiger partial charge in [0.05, 0.1) is 30.2 Å². The molecule has 1 saturated carbocycles. The van der Waals surface area contributed by atoms with Crippen molar-refractivity contribution >= 4 is 22.7 Å². The van der Waals surface area contributed by atoms with Crippen LogP contribution in [0, 0.1) is 5.82 Å². The molecule has 5 rings (SSSR count). The Morgan fingerprint density at radius 1 is 1.24 bits per heavy atom. The van der Waals surface area contributed by atoms with Crippen LogP contribution in [0.4, 0.5) is 4.39 Å². The van der Waals surface area contributed by atoms with E-state index in [1.54, 1.807) is 12.3 Å². The van der Waals surface area contributed by atoms with Crippen molar-refractivity contribution in [3.8, 4) is 0 Å². The second-order valence-electron chi connectivity index (χ2n) is 9.20. The first kappa shape index (κ1) is 21.6. The first-order valence-corrected chi connectivity index (χ1v) is 11.5. The van der Waals surface area contributed by atoms with Gasteiger partial charge in [-0.1, -0.05) is 18.9 Å². The molecule has 0 radical (unpaired) electrons. The van der Waals surface area contributed by atoms with Gasteiger partial charge in [0.2, 0.25) is 11.8 Å². The summed E-state index contributed by atoms with van der Waals surface area (Å²) in [6, 6.07) is 9.67. The van der Waals surface area contributed by atoms with Crippen molar-refractivity contribution in [3.05, 3.63) is 65.9 Å². The molecular formula is C25H28FN5O2. The monoisotopic (exact) mass is 449 g/mol. The van der Waals surface area contributed by atoms with E-state index in [1.165, 1.54) is 12.1 Å². The molecule has 2 aliphatic rings. The fourth-order valence-electron chi connectivity index (χ4n) is 5.22. The Hall–Kier alpha value is -3.26. The number of piperazine rings is 1. The highest BCUT2D eigenvalue weighted by molar-refractivity contribution is 5.89. The molecule has 3 N–H and O–H groups in total. The third-order valence-corrected chi connectivity index (χ3v) is 6.87. The lowest BCUT2D eigenvalue weighted by molar-refractivity contribution is -0.138. The number of carbonyl (C=O) groups excluding carboxylic acids is 2. The molecule has 1 spiro atoms. The number of aromatic amines is 1. The lowest BCUT2D eigenvalue weighted by Gasteiger charge is -2.45. The van der Waals surface area contributed by atoms with Crippen LogP contribution in [-0.4, -0.2) is 44.8 Å². The van der Waals surface area contributed by atoms with Gasteiger partial charge in [-0.05, 0) is 48.7 Å². The molecule has 1 atom stereocenters.